The molecule has 1 atom stereocenters. The van der Waals surface area contributed by atoms with E-state index in [1.165, 1.54) is 0 Å². The van der Waals surface area contributed by atoms with Crippen LogP contribution in [0.1, 0.15) is 32.8 Å². The van der Waals surface area contributed by atoms with Crippen LogP contribution in [0.15, 0.2) is 28.7 Å². The number of esters is 1. The fourth-order valence-corrected chi connectivity index (χ4v) is 2.40. The molecule has 0 heterocycles. The fraction of sp³-hybridized carbons (Fsp3) is 0.533. The molecule has 124 valence electrons. The number of nitrogens with two attached hydrogens (primary N) is 1. The lowest BCUT2D eigenvalue weighted by Crippen LogP contribution is -2.55. The van der Waals surface area contributed by atoms with Crippen LogP contribution >= 0.6 is 15.9 Å². The minimum Gasteiger partial charge on any atom is -0.459 e. The third-order valence-corrected chi connectivity index (χ3v) is 3.22. The summed E-state index contributed by atoms with van der Waals surface area (Å²) in [5.74, 6) is -1.06. The summed E-state index contributed by atoms with van der Waals surface area (Å²) in [5.41, 5.74) is 3.25. The van der Waals surface area contributed by atoms with E-state index < -0.39 is 29.7 Å². The predicted molar refractivity (Wildman–Crippen MR) is 81.3 cm³/mol. The van der Waals surface area contributed by atoms with Crippen LogP contribution in [0.4, 0.5) is 13.2 Å². The van der Waals surface area contributed by atoms with Gasteiger partial charge in [-0.3, -0.25) is 4.79 Å². The van der Waals surface area contributed by atoms with Gasteiger partial charge in [-0.05, 0) is 38.5 Å². The molecule has 0 saturated heterocycles. The Labute approximate surface area is 136 Å². The number of hydrogen-bond donors (Lipinski definition) is 1. The van der Waals surface area contributed by atoms with Gasteiger partial charge >= 0.3 is 12.1 Å². The smallest absolute Gasteiger partial charge is 0.391 e. The molecule has 0 radical (unpaired) electrons. The molecule has 2 N–H and O–H groups in total. The number of carbonyl (C=O) groups excluding carboxylic acids is 1. The first-order valence-electron chi connectivity index (χ1n) is 6.64. The zero-order valence-electron chi connectivity index (χ0n) is 12.6. The van der Waals surface area contributed by atoms with E-state index >= 15 is 0 Å². The molecule has 3 nitrogen and oxygen atoms in total. The summed E-state index contributed by atoms with van der Waals surface area (Å²) in [6.45, 7) is 4.74. The molecule has 0 unspecified atom stereocenters. The normalized spacial score (nSPS) is 15.3. The molecular weight excluding hydrogens is 363 g/mol. The van der Waals surface area contributed by atoms with Crippen LogP contribution in [0.25, 0.3) is 0 Å². The van der Waals surface area contributed by atoms with E-state index in [9.17, 15) is 18.0 Å². The predicted octanol–water partition coefficient (Wildman–Crippen LogP) is 3.98. The van der Waals surface area contributed by atoms with Gasteiger partial charge in [-0.15, -0.1) is 0 Å². The molecule has 0 fully saturated rings. The number of alkyl halides is 3. The van der Waals surface area contributed by atoms with E-state index in [0.717, 1.165) is 0 Å². The topological polar surface area (TPSA) is 52.3 Å². The van der Waals surface area contributed by atoms with Crippen molar-refractivity contribution in [3.8, 4) is 0 Å². The first-order chi connectivity index (χ1) is 9.81. The molecule has 0 spiro atoms. The molecule has 7 heteroatoms. The summed E-state index contributed by atoms with van der Waals surface area (Å²) in [6.07, 6.45) is -6.28. The summed E-state index contributed by atoms with van der Waals surface area (Å²) in [5, 5.41) is 0. The van der Waals surface area contributed by atoms with Gasteiger partial charge in [0.2, 0.25) is 0 Å². The highest BCUT2D eigenvalue weighted by Crippen LogP contribution is 2.31. The highest BCUT2D eigenvalue weighted by Gasteiger charge is 2.47. The molecule has 1 aromatic carbocycles. The van der Waals surface area contributed by atoms with Crippen LogP contribution in [0, 0.1) is 0 Å². The van der Waals surface area contributed by atoms with Crippen molar-refractivity contribution in [2.75, 3.05) is 0 Å². The Morgan fingerprint density at radius 2 is 1.86 bits per heavy atom. The van der Waals surface area contributed by atoms with Gasteiger partial charge in [-0.2, -0.15) is 13.2 Å². The van der Waals surface area contributed by atoms with Crippen molar-refractivity contribution in [3.05, 3.63) is 34.3 Å². The van der Waals surface area contributed by atoms with Crippen molar-refractivity contribution in [1.29, 1.82) is 0 Å². The highest BCUT2D eigenvalue weighted by atomic mass is 79.9. The van der Waals surface area contributed by atoms with Crippen LogP contribution in [-0.2, 0) is 16.0 Å². The van der Waals surface area contributed by atoms with Crippen molar-refractivity contribution in [1.82, 2.24) is 0 Å². The van der Waals surface area contributed by atoms with Crippen molar-refractivity contribution in [2.45, 2.75) is 50.9 Å². The Balaban J connectivity index is 3.08. The first-order valence-corrected chi connectivity index (χ1v) is 7.44. The summed E-state index contributed by atoms with van der Waals surface area (Å²) in [4.78, 5) is 12.2. The van der Waals surface area contributed by atoms with Gasteiger partial charge in [0.15, 0.2) is 0 Å². The van der Waals surface area contributed by atoms with Crippen molar-refractivity contribution < 1.29 is 22.7 Å². The number of halogens is 4. The van der Waals surface area contributed by atoms with E-state index in [4.69, 9.17) is 10.5 Å². The molecule has 0 aliphatic carbocycles. The Bertz CT molecular complexity index is 540. The highest BCUT2D eigenvalue weighted by molar-refractivity contribution is 9.10. The number of benzene rings is 1. The van der Waals surface area contributed by atoms with Crippen LogP contribution in [0.2, 0.25) is 0 Å². The molecule has 1 aromatic rings. The van der Waals surface area contributed by atoms with E-state index in [1.54, 1.807) is 45.0 Å². The Morgan fingerprint density at radius 3 is 2.32 bits per heavy atom. The lowest BCUT2D eigenvalue weighted by Gasteiger charge is -2.32. The second-order valence-corrected chi connectivity index (χ2v) is 7.17. The van der Waals surface area contributed by atoms with Gasteiger partial charge in [-0.1, -0.05) is 28.1 Å². The van der Waals surface area contributed by atoms with Crippen LogP contribution < -0.4 is 5.73 Å². The molecule has 22 heavy (non-hydrogen) atoms. The van der Waals surface area contributed by atoms with E-state index in [0.29, 0.717) is 10.0 Å². The van der Waals surface area contributed by atoms with E-state index in [1.807, 2.05) is 0 Å². The van der Waals surface area contributed by atoms with Crippen LogP contribution in [0.5, 0.6) is 0 Å². The minimum atomic E-state index is -4.57. The Morgan fingerprint density at radius 1 is 1.27 bits per heavy atom. The van der Waals surface area contributed by atoms with Crippen molar-refractivity contribution in [2.24, 2.45) is 5.73 Å². The standard InChI is InChI=1S/C15H19BrF3NO2/c1-13(2,3)22-12(21)14(20,9-15(17,18)19)8-10-5-4-6-11(16)7-10/h4-7H,8-9,20H2,1-3H3/t14-/m0/s1. The third kappa shape index (κ3) is 6.36. The maximum absolute atomic E-state index is 12.8. The molecule has 0 aromatic heterocycles. The zero-order valence-corrected chi connectivity index (χ0v) is 14.2. The number of ether oxygens (including phenoxy) is 1. The molecule has 0 bridgehead atoms. The molecule has 0 aliphatic heterocycles. The van der Waals surface area contributed by atoms with Gasteiger partial charge in [0.25, 0.3) is 0 Å². The summed E-state index contributed by atoms with van der Waals surface area (Å²) >= 11 is 3.24. The zero-order chi connectivity index (χ0) is 17.2. The van der Waals surface area contributed by atoms with Crippen molar-refractivity contribution in [3.63, 3.8) is 0 Å². The average Bonchev–Trinajstić information content (AvgIpc) is 2.23. The lowest BCUT2D eigenvalue weighted by atomic mass is 9.88. The fourth-order valence-electron chi connectivity index (χ4n) is 1.96. The Kier molecular flexibility index (Phi) is 5.67. The lowest BCUT2D eigenvalue weighted by molar-refractivity contribution is -0.179. The summed E-state index contributed by atoms with van der Waals surface area (Å²) in [7, 11) is 0. The Hall–Kier alpha value is -1.08. The number of rotatable bonds is 4. The van der Waals surface area contributed by atoms with Gasteiger partial charge in [0.1, 0.15) is 11.1 Å². The second-order valence-electron chi connectivity index (χ2n) is 6.26. The molecular formula is C15H19BrF3NO2. The van der Waals surface area contributed by atoms with Crippen LogP contribution in [-0.4, -0.2) is 23.3 Å². The monoisotopic (exact) mass is 381 g/mol. The van der Waals surface area contributed by atoms with Gasteiger partial charge < -0.3 is 10.5 Å². The average molecular weight is 382 g/mol. The SMILES string of the molecule is CC(C)(C)OC(=O)[C@](N)(Cc1cccc(Br)c1)CC(F)(F)F. The van der Waals surface area contributed by atoms with E-state index in [-0.39, 0.29) is 6.42 Å². The van der Waals surface area contributed by atoms with Crippen LogP contribution in [0.3, 0.4) is 0 Å². The van der Waals surface area contributed by atoms with Gasteiger partial charge in [-0.25, -0.2) is 0 Å². The first kappa shape index (κ1) is 19.0. The molecule has 0 aliphatic rings. The van der Waals surface area contributed by atoms with E-state index in [2.05, 4.69) is 15.9 Å². The van der Waals surface area contributed by atoms with Gasteiger partial charge in [0, 0.05) is 10.9 Å². The maximum Gasteiger partial charge on any atom is 0.391 e. The summed E-state index contributed by atoms with van der Waals surface area (Å²) in [6, 6.07) is 6.65. The van der Waals surface area contributed by atoms with Gasteiger partial charge in [0.05, 0.1) is 6.42 Å². The third-order valence-electron chi connectivity index (χ3n) is 2.73. The minimum absolute atomic E-state index is 0.263. The molecule has 0 saturated carbocycles. The quantitative estimate of drug-likeness (QED) is 0.802. The number of hydrogen-bond acceptors (Lipinski definition) is 3. The molecule has 0 amide bonds. The number of carbonyl (C=O) groups is 1. The summed E-state index contributed by atoms with van der Waals surface area (Å²) < 4.78 is 44.3. The largest absolute Gasteiger partial charge is 0.459 e. The second kappa shape index (κ2) is 6.58. The maximum atomic E-state index is 12.8. The molecule has 1 rings (SSSR count). The van der Waals surface area contributed by atoms with Crippen molar-refractivity contribution >= 4 is 21.9 Å².